The maximum absolute atomic E-state index is 13.0. The van der Waals surface area contributed by atoms with Gasteiger partial charge in [-0.05, 0) is 29.8 Å². The number of hydrogen-bond donors (Lipinski definition) is 1. The molecule has 0 fully saturated rings. The number of hydrazone groups is 1. The predicted octanol–water partition coefficient (Wildman–Crippen LogP) is 3.68. The first kappa shape index (κ1) is 17.5. The molecule has 1 N–H and O–H groups in total. The molecule has 4 rings (SSSR count). The molecule has 0 aromatic heterocycles. The highest BCUT2D eigenvalue weighted by Gasteiger charge is 2.31. The number of carbonyl (C=O) groups is 2. The molecule has 3 aromatic rings. The lowest BCUT2D eigenvalue weighted by Crippen LogP contribution is -2.56. The molecule has 0 bridgehead atoms. The minimum Gasteiger partial charge on any atom is -0.267 e. The number of rotatable bonds is 4. The maximum Gasteiger partial charge on any atom is 0.364 e. The third-order valence-electron chi connectivity index (χ3n) is 4.32. The Morgan fingerprint density at radius 3 is 2.04 bits per heavy atom. The molecule has 28 heavy (non-hydrogen) atoms. The van der Waals surface area contributed by atoms with Crippen LogP contribution in [0, 0.1) is 0 Å². The van der Waals surface area contributed by atoms with Gasteiger partial charge < -0.3 is 0 Å². The second-order valence-corrected chi connectivity index (χ2v) is 6.24. The summed E-state index contributed by atoms with van der Waals surface area (Å²) in [4.78, 5) is 25.6. The van der Waals surface area contributed by atoms with Gasteiger partial charge in [-0.3, -0.25) is 10.2 Å². The average Bonchev–Trinajstić information content (AvgIpc) is 2.77. The molecule has 1 aliphatic heterocycles. The van der Waals surface area contributed by atoms with Crippen LogP contribution >= 0.6 is 0 Å². The summed E-state index contributed by atoms with van der Waals surface area (Å²) in [5, 5.41) is 7.13. The predicted molar refractivity (Wildman–Crippen MR) is 108 cm³/mol. The van der Waals surface area contributed by atoms with Crippen LogP contribution in [0.1, 0.15) is 15.9 Å². The Hall–Kier alpha value is -3.93. The Kier molecular flexibility index (Phi) is 4.84. The molecule has 0 unspecified atom stereocenters. The van der Waals surface area contributed by atoms with Crippen molar-refractivity contribution in [2.24, 2.45) is 5.10 Å². The number of benzene rings is 3. The van der Waals surface area contributed by atoms with Gasteiger partial charge in [-0.25, -0.2) is 9.80 Å². The van der Waals surface area contributed by atoms with Crippen molar-refractivity contribution < 1.29 is 9.59 Å². The van der Waals surface area contributed by atoms with Gasteiger partial charge >= 0.3 is 6.03 Å². The lowest BCUT2D eigenvalue weighted by molar-refractivity contribution is 0.0845. The summed E-state index contributed by atoms with van der Waals surface area (Å²) in [6, 6.07) is 27.1. The Labute approximate surface area is 162 Å². The second kappa shape index (κ2) is 7.75. The number of hydrogen-bond acceptors (Lipinski definition) is 3. The topological polar surface area (TPSA) is 65.0 Å². The molecule has 0 saturated heterocycles. The van der Waals surface area contributed by atoms with E-state index in [1.54, 1.807) is 36.4 Å². The lowest BCUT2D eigenvalue weighted by Gasteiger charge is -2.33. The smallest absolute Gasteiger partial charge is 0.267 e. The molecular weight excluding hydrogens is 352 g/mol. The third kappa shape index (κ3) is 3.61. The van der Waals surface area contributed by atoms with Crippen molar-refractivity contribution in [1.29, 1.82) is 0 Å². The largest absolute Gasteiger partial charge is 0.364 e. The van der Waals surface area contributed by atoms with Crippen LogP contribution in [0.4, 0.5) is 10.5 Å². The van der Waals surface area contributed by atoms with Gasteiger partial charge in [0.25, 0.3) is 5.91 Å². The van der Waals surface area contributed by atoms with Gasteiger partial charge in [-0.1, -0.05) is 66.7 Å². The molecule has 3 aromatic carbocycles. The monoisotopic (exact) mass is 370 g/mol. The zero-order chi connectivity index (χ0) is 19.3. The zero-order valence-corrected chi connectivity index (χ0v) is 15.0. The van der Waals surface area contributed by atoms with Crippen molar-refractivity contribution in [3.8, 4) is 0 Å². The van der Waals surface area contributed by atoms with E-state index in [4.69, 9.17) is 0 Å². The van der Waals surface area contributed by atoms with Gasteiger partial charge in [0.05, 0.1) is 17.9 Å². The molecule has 1 heterocycles. The number of carbonyl (C=O) groups excluding carboxylic acids is 2. The zero-order valence-electron chi connectivity index (χ0n) is 15.0. The van der Waals surface area contributed by atoms with Crippen molar-refractivity contribution in [3.63, 3.8) is 0 Å². The molecule has 0 saturated carbocycles. The SMILES string of the molecule is O=C(NN1CC(c2ccccc2)=NN(c2ccccc2)C1=O)c1ccccc1. The fourth-order valence-corrected chi connectivity index (χ4v) is 2.91. The lowest BCUT2D eigenvalue weighted by atomic mass is 10.1. The van der Waals surface area contributed by atoms with E-state index in [1.807, 2.05) is 54.6 Å². The highest BCUT2D eigenvalue weighted by Crippen LogP contribution is 2.20. The van der Waals surface area contributed by atoms with Crippen LogP contribution in [-0.4, -0.2) is 29.2 Å². The van der Waals surface area contributed by atoms with Crippen LogP contribution in [0.25, 0.3) is 0 Å². The fraction of sp³-hybridized carbons (Fsp3) is 0.0455. The van der Waals surface area contributed by atoms with Crippen molar-refractivity contribution in [3.05, 3.63) is 102 Å². The van der Waals surface area contributed by atoms with Gasteiger partial charge in [0, 0.05) is 5.56 Å². The summed E-state index contributed by atoms with van der Waals surface area (Å²) in [5.74, 6) is -0.351. The first-order chi connectivity index (χ1) is 13.7. The molecule has 0 spiro atoms. The number of amides is 3. The van der Waals surface area contributed by atoms with Crippen molar-refractivity contribution in [1.82, 2.24) is 10.4 Å². The van der Waals surface area contributed by atoms with Gasteiger partial charge in [-0.2, -0.15) is 10.1 Å². The van der Waals surface area contributed by atoms with Crippen LogP contribution in [-0.2, 0) is 0 Å². The van der Waals surface area contributed by atoms with E-state index < -0.39 is 6.03 Å². The highest BCUT2D eigenvalue weighted by atomic mass is 16.2. The number of urea groups is 1. The molecule has 6 heteroatoms. The summed E-state index contributed by atoms with van der Waals surface area (Å²) in [6.45, 7) is 0.171. The summed E-state index contributed by atoms with van der Waals surface area (Å²) >= 11 is 0. The van der Waals surface area contributed by atoms with Gasteiger partial charge in [0.15, 0.2) is 0 Å². The molecule has 3 amide bonds. The van der Waals surface area contributed by atoms with Crippen molar-refractivity contribution >= 4 is 23.3 Å². The quantitative estimate of drug-likeness (QED) is 0.761. The minimum absolute atomic E-state index is 0.171. The van der Waals surface area contributed by atoms with Gasteiger partial charge in [-0.15, -0.1) is 0 Å². The van der Waals surface area contributed by atoms with E-state index >= 15 is 0 Å². The third-order valence-corrected chi connectivity index (χ3v) is 4.32. The van der Waals surface area contributed by atoms with E-state index in [9.17, 15) is 9.59 Å². The van der Waals surface area contributed by atoms with E-state index in [0.717, 1.165) is 5.56 Å². The van der Waals surface area contributed by atoms with Gasteiger partial charge in [0.2, 0.25) is 0 Å². The molecule has 0 atom stereocenters. The fourth-order valence-electron chi connectivity index (χ4n) is 2.91. The summed E-state index contributed by atoms with van der Waals surface area (Å²) < 4.78 is 0. The molecule has 6 nitrogen and oxygen atoms in total. The van der Waals surface area contributed by atoms with Gasteiger partial charge in [0.1, 0.15) is 0 Å². The number of para-hydroxylation sites is 1. The number of nitrogens with zero attached hydrogens (tertiary/aromatic N) is 3. The standard InChI is InChI=1S/C22H18N4O2/c27-21(18-12-6-2-7-13-18)24-25-16-20(17-10-4-1-5-11-17)23-26(22(25)28)19-14-8-3-9-15-19/h1-15H,16H2,(H,24,27). The van der Waals surface area contributed by atoms with Crippen LogP contribution in [0.2, 0.25) is 0 Å². The maximum atomic E-state index is 13.0. The van der Waals surface area contributed by atoms with Crippen molar-refractivity contribution in [2.45, 2.75) is 0 Å². The molecule has 0 radical (unpaired) electrons. The van der Waals surface area contributed by atoms with E-state index in [1.165, 1.54) is 10.0 Å². The highest BCUT2D eigenvalue weighted by molar-refractivity contribution is 6.10. The molecule has 138 valence electrons. The summed E-state index contributed by atoms with van der Waals surface area (Å²) in [5.41, 5.74) is 5.37. The van der Waals surface area contributed by atoms with E-state index in [0.29, 0.717) is 17.0 Å². The normalized spacial score (nSPS) is 13.9. The average molecular weight is 370 g/mol. The molecule has 1 aliphatic rings. The van der Waals surface area contributed by atoms with E-state index in [2.05, 4.69) is 10.5 Å². The first-order valence-electron chi connectivity index (χ1n) is 8.88. The molecular formula is C22H18N4O2. The minimum atomic E-state index is -0.421. The summed E-state index contributed by atoms with van der Waals surface area (Å²) in [7, 11) is 0. The Balaban J connectivity index is 1.67. The second-order valence-electron chi connectivity index (χ2n) is 6.24. The number of hydrazine groups is 1. The number of anilines is 1. The Morgan fingerprint density at radius 1 is 0.821 bits per heavy atom. The Morgan fingerprint density at radius 2 is 1.39 bits per heavy atom. The molecule has 0 aliphatic carbocycles. The van der Waals surface area contributed by atoms with Crippen LogP contribution in [0.3, 0.4) is 0 Å². The first-order valence-corrected chi connectivity index (χ1v) is 8.88. The Bertz CT molecular complexity index is 1000. The van der Waals surface area contributed by atoms with Crippen LogP contribution in [0.5, 0.6) is 0 Å². The van der Waals surface area contributed by atoms with Crippen LogP contribution < -0.4 is 10.4 Å². The van der Waals surface area contributed by atoms with Crippen LogP contribution in [0.15, 0.2) is 96.1 Å². The van der Waals surface area contributed by atoms with Crippen molar-refractivity contribution in [2.75, 3.05) is 11.6 Å². The number of nitrogens with one attached hydrogen (secondary N) is 1. The van der Waals surface area contributed by atoms with E-state index in [-0.39, 0.29) is 12.5 Å². The summed E-state index contributed by atoms with van der Waals surface area (Å²) in [6.07, 6.45) is 0.